The van der Waals surface area contributed by atoms with Gasteiger partial charge in [-0.15, -0.1) is 0 Å². The van der Waals surface area contributed by atoms with Crippen LogP contribution in [0.5, 0.6) is 0 Å². The zero-order chi connectivity index (χ0) is 18.7. The number of nitrogens with zero attached hydrogens (tertiary/aromatic N) is 2. The second-order valence-corrected chi connectivity index (χ2v) is 8.29. The first-order valence-electron chi connectivity index (χ1n) is 8.56. The van der Waals surface area contributed by atoms with E-state index in [4.69, 9.17) is 0 Å². The molecule has 1 heterocycles. The van der Waals surface area contributed by atoms with Gasteiger partial charge in [-0.3, -0.25) is 9.40 Å². The lowest BCUT2D eigenvalue weighted by atomic mass is 10.0. The maximum atomic E-state index is 12.7. The third kappa shape index (κ3) is 4.14. The molecule has 0 saturated carbocycles. The number of anilines is 1. The number of sulfonamides is 1. The molecule has 136 valence electrons. The Bertz CT molecular complexity index is 976. The standard InChI is InChI=1S/C20H23N3O2S/c1-15(2)18-9-11-19(12-10-18)22-26(24,25)20-14-23(21-16(20)3)13-17-7-5-4-6-8-17/h4-12,14-15,22H,13H2,1-3H3. The molecule has 3 aromatic rings. The summed E-state index contributed by atoms with van der Waals surface area (Å²) in [6.45, 7) is 6.44. The van der Waals surface area contributed by atoms with E-state index >= 15 is 0 Å². The van der Waals surface area contributed by atoms with Crippen LogP contribution < -0.4 is 4.72 Å². The molecule has 0 aliphatic carbocycles. The highest BCUT2D eigenvalue weighted by Gasteiger charge is 2.20. The highest BCUT2D eigenvalue weighted by atomic mass is 32.2. The number of benzene rings is 2. The number of hydrogen-bond acceptors (Lipinski definition) is 3. The maximum Gasteiger partial charge on any atom is 0.265 e. The zero-order valence-corrected chi connectivity index (χ0v) is 16.0. The third-order valence-electron chi connectivity index (χ3n) is 4.21. The minimum atomic E-state index is -3.68. The molecular weight excluding hydrogens is 346 g/mol. The van der Waals surface area contributed by atoms with Crippen molar-refractivity contribution in [2.45, 2.75) is 38.1 Å². The Labute approximate surface area is 154 Å². The number of aryl methyl sites for hydroxylation is 1. The topological polar surface area (TPSA) is 64.0 Å². The smallest absolute Gasteiger partial charge is 0.265 e. The molecule has 5 nitrogen and oxygen atoms in total. The van der Waals surface area contributed by atoms with Gasteiger partial charge in [-0.25, -0.2) is 8.42 Å². The first-order chi connectivity index (χ1) is 12.3. The van der Waals surface area contributed by atoms with Crippen LogP contribution in [0.4, 0.5) is 5.69 Å². The van der Waals surface area contributed by atoms with Gasteiger partial charge in [0, 0.05) is 11.9 Å². The molecule has 0 atom stereocenters. The molecule has 0 unspecified atom stereocenters. The first kappa shape index (κ1) is 18.2. The molecule has 1 aromatic heterocycles. The van der Waals surface area contributed by atoms with E-state index in [9.17, 15) is 8.42 Å². The average molecular weight is 369 g/mol. The summed E-state index contributed by atoms with van der Waals surface area (Å²) in [5, 5.41) is 4.35. The van der Waals surface area contributed by atoms with Gasteiger partial charge in [0.1, 0.15) is 4.90 Å². The molecular formula is C20H23N3O2S. The summed E-state index contributed by atoms with van der Waals surface area (Å²) in [4.78, 5) is 0.196. The first-order valence-corrected chi connectivity index (χ1v) is 10.0. The minimum absolute atomic E-state index is 0.196. The highest BCUT2D eigenvalue weighted by Crippen LogP contribution is 2.21. The van der Waals surface area contributed by atoms with E-state index in [0.29, 0.717) is 23.8 Å². The second kappa shape index (κ2) is 7.33. The molecule has 0 spiro atoms. The van der Waals surface area contributed by atoms with E-state index in [1.807, 2.05) is 42.5 Å². The Morgan fingerprint density at radius 3 is 2.31 bits per heavy atom. The van der Waals surface area contributed by atoms with Crippen LogP contribution >= 0.6 is 0 Å². The number of rotatable bonds is 6. The largest absolute Gasteiger partial charge is 0.280 e. The quantitative estimate of drug-likeness (QED) is 0.709. The monoisotopic (exact) mass is 369 g/mol. The molecule has 0 fully saturated rings. The summed E-state index contributed by atoms with van der Waals surface area (Å²) < 4.78 is 29.8. The van der Waals surface area contributed by atoms with Crippen molar-refractivity contribution >= 4 is 15.7 Å². The van der Waals surface area contributed by atoms with Crippen LogP contribution in [0, 0.1) is 6.92 Å². The van der Waals surface area contributed by atoms with Crippen molar-refractivity contribution in [3.63, 3.8) is 0 Å². The van der Waals surface area contributed by atoms with Gasteiger partial charge in [-0.1, -0.05) is 56.3 Å². The van der Waals surface area contributed by atoms with Crippen LogP contribution in [0.1, 0.15) is 36.6 Å². The molecule has 0 radical (unpaired) electrons. The fourth-order valence-corrected chi connectivity index (χ4v) is 4.01. The number of aromatic nitrogens is 2. The van der Waals surface area contributed by atoms with Gasteiger partial charge >= 0.3 is 0 Å². The predicted molar refractivity (Wildman–Crippen MR) is 104 cm³/mol. The Morgan fingerprint density at radius 2 is 1.69 bits per heavy atom. The Hall–Kier alpha value is -2.60. The normalized spacial score (nSPS) is 11.7. The van der Waals surface area contributed by atoms with Crippen molar-refractivity contribution in [3.8, 4) is 0 Å². The molecule has 0 amide bonds. The van der Waals surface area contributed by atoms with Gasteiger partial charge < -0.3 is 0 Å². The van der Waals surface area contributed by atoms with Crippen LogP contribution in [-0.2, 0) is 16.6 Å². The van der Waals surface area contributed by atoms with E-state index in [0.717, 1.165) is 5.56 Å². The summed E-state index contributed by atoms with van der Waals surface area (Å²) in [5.74, 6) is 0.402. The van der Waals surface area contributed by atoms with Gasteiger partial charge in [-0.05, 0) is 36.1 Å². The van der Waals surface area contributed by atoms with E-state index in [-0.39, 0.29) is 4.90 Å². The summed E-state index contributed by atoms with van der Waals surface area (Å²) in [7, 11) is -3.68. The van der Waals surface area contributed by atoms with Gasteiger partial charge in [-0.2, -0.15) is 5.10 Å². The average Bonchev–Trinajstić information content (AvgIpc) is 2.97. The van der Waals surface area contributed by atoms with Crippen LogP contribution in [0.3, 0.4) is 0 Å². The van der Waals surface area contributed by atoms with Crippen molar-refractivity contribution in [1.29, 1.82) is 0 Å². The Morgan fingerprint density at radius 1 is 1.04 bits per heavy atom. The Kier molecular flexibility index (Phi) is 5.13. The summed E-state index contributed by atoms with van der Waals surface area (Å²) in [6, 6.07) is 17.3. The number of nitrogens with one attached hydrogen (secondary N) is 1. The van der Waals surface area contributed by atoms with Crippen LogP contribution in [0.25, 0.3) is 0 Å². The minimum Gasteiger partial charge on any atom is -0.280 e. The fourth-order valence-electron chi connectivity index (χ4n) is 2.76. The maximum absolute atomic E-state index is 12.7. The van der Waals surface area contributed by atoms with Crippen LogP contribution in [0.15, 0.2) is 65.7 Å². The molecule has 0 saturated heterocycles. The van der Waals surface area contributed by atoms with Crippen molar-refractivity contribution in [1.82, 2.24) is 9.78 Å². The zero-order valence-electron chi connectivity index (χ0n) is 15.2. The van der Waals surface area contributed by atoms with E-state index in [1.54, 1.807) is 29.9 Å². The van der Waals surface area contributed by atoms with Gasteiger partial charge in [0.25, 0.3) is 10.0 Å². The van der Waals surface area contributed by atoms with Gasteiger partial charge in [0.15, 0.2) is 0 Å². The molecule has 2 aromatic carbocycles. The third-order valence-corrected chi connectivity index (χ3v) is 5.69. The fraction of sp³-hybridized carbons (Fsp3) is 0.250. The van der Waals surface area contributed by atoms with E-state index in [2.05, 4.69) is 23.7 Å². The van der Waals surface area contributed by atoms with Crippen molar-refractivity contribution < 1.29 is 8.42 Å². The van der Waals surface area contributed by atoms with Gasteiger partial charge in [0.2, 0.25) is 0 Å². The molecule has 1 N–H and O–H groups in total. The molecule has 6 heteroatoms. The van der Waals surface area contributed by atoms with Crippen molar-refractivity contribution in [2.75, 3.05) is 4.72 Å². The highest BCUT2D eigenvalue weighted by molar-refractivity contribution is 7.92. The lowest BCUT2D eigenvalue weighted by molar-refractivity contribution is 0.600. The molecule has 0 aliphatic rings. The summed E-state index contributed by atoms with van der Waals surface area (Å²) in [5.41, 5.74) is 3.26. The second-order valence-electron chi connectivity index (χ2n) is 6.64. The van der Waals surface area contributed by atoms with E-state index in [1.165, 1.54) is 5.56 Å². The molecule has 26 heavy (non-hydrogen) atoms. The Balaban J connectivity index is 1.80. The molecule has 0 bridgehead atoms. The lowest BCUT2D eigenvalue weighted by Gasteiger charge is -2.09. The molecule has 0 aliphatic heterocycles. The van der Waals surface area contributed by atoms with E-state index < -0.39 is 10.0 Å². The predicted octanol–water partition coefficient (Wildman–Crippen LogP) is 4.16. The van der Waals surface area contributed by atoms with Gasteiger partial charge in [0.05, 0.1) is 12.2 Å². The van der Waals surface area contributed by atoms with Crippen molar-refractivity contribution in [3.05, 3.63) is 77.6 Å². The van der Waals surface area contributed by atoms with Crippen LogP contribution in [-0.4, -0.2) is 18.2 Å². The SMILES string of the molecule is Cc1nn(Cc2ccccc2)cc1S(=O)(=O)Nc1ccc(C(C)C)cc1. The summed E-state index contributed by atoms with van der Waals surface area (Å²) >= 11 is 0. The molecule has 3 rings (SSSR count). The number of hydrogen-bond donors (Lipinski definition) is 1. The lowest BCUT2D eigenvalue weighted by Crippen LogP contribution is -2.13. The van der Waals surface area contributed by atoms with Crippen LogP contribution in [0.2, 0.25) is 0 Å². The van der Waals surface area contributed by atoms with Crippen molar-refractivity contribution in [2.24, 2.45) is 0 Å². The summed E-state index contributed by atoms with van der Waals surface area (Å²) in [6.07, 6.45) is 1.58.